The van der Waals surface area contributed by atoms with Gasteiger partial charge in [0.2, 0.25) is 0 Å². The van der Waals surface area contributed by atoms with E-state index >= 15 is 0 Å². The number of benzene rings is 4. The molecule has 0 bridgehead atoms. The van der Waals surface area contributed by atoms with E-state index in [0.717, 1.165) is 11.1 Å². The van der Waals surface area contributed by atoms with Crippen LogP contribution >= 0.6 is 0 Å². The summed E-state index contributed by atoms with van der Waals surface area (Å²) in [6.07, 6.45) is 0. The number of rotatable bonds is 9. The third-order valence-electron chi connectivity index (χ3n) is 6.92. The summed E-state index contributed by atoms with van der Waals surface area (Å²) in [5.74, 6) is -0.586. The maximum atomic E-state index is 14.1. The van der Waals surface area contributed by atoms with E-state index in [-0.39, 0.29) is 40.4 Å². The molecule has 5 rings (SSSR count). The van der Waals surface area contributed by atoms with E-state index in [4.69, 9.17) is 4.52 Å². The fourth-order valence-corrected chi connectivity index (χ4v) is 4.90. The predicted octanol–water partition coefficient (Wildman–Crippen LogP) is 7.34. The van der Waals surface area contributed by atoms with Gasteiger partial charge in [0.15, 0.2) is 23.0 Å². The van der Waals surface area contributed by atoms with Crippen LogP contribution in [0.2, 0.25) is 0 Å². The normalized spacial score (nSPS) is 10.9. The molecule has 0 aliphatic heterocycles. The number of nitrogens with zero attached hydrogens (tertiary/aromatic N) is 1. The average Bonchev–Trinajstić information content (AvgIpc) is 3.46. The molecule has 6 nitrogen and oxygen atoms in total. The molecule has 0 aliphatic rings. The van der Waals surface area contributed by atoms with E-state index in [1.165, 1.54) is 0 Å². The summed E-state index contributed by atoms with van der Waals surface area (Å²) in [5.41, 5.74) is 4.28. The molecule has 5 aromatic rings. The van der Waals surface area contributed by atoms with Crippen molar-refractivity contribution in [2.24, 2.45) is 0 Å². The van der Waals surface area contributed by atoms with Crippen molar-refractivity contribution in [2.75, 3.05) is 6.54 Å². The maximum Gasteiger partial charge on any atom is 0.274 e. The first-order chi connectivity index (χ1) is 19.9. The molecule has 41 heavy (non-hydrogen) atoms. The summed E-state index contributed by atoms with van der Waals surface area (Å²) in [4.78, 5) is 40.9. The first-order valence-electron chi connectivity index (χ1n) is 13.6. The lowest BCUT2D eigenvalue weighted by molar-refractivity contribution is 0.0946. The van der Waals surface area contributed by atoms with E-state index in [0.29, 0.717) is 34.4 Å². The molecule has 1 amide bonds. The standard InChI is InChI=1S/C35H30N2O4/c1-4-36-35(40)31-30(23-14-8-5-9-15-23)34(41-37-31)29-20-26(22(2)3)27(32(38)24-16-10-6-11-17-24)21-28(29)33(39)25-18-12-7-13-19-25/h5-22H,4H2,1-3H3,(H,36,40). The lowest BCUT2D eigenvalue weighted by Crippen LogP contribution is -2.23. The number of hydrogen-bond donors (Lipinski definition) is 1. The third kappa shape index (κ3) is 5.50. The van der Waals surface area contributed by atoms with Crippen LogP contribution in [0, 0.1) is 0 Å². The zero-order valence-corrected chi connectivity index (χ0v) is 23.2. The molecule has 0 aliphatic carbocycles. The Morgan fingerprint density at radius 2 is 1.29 bits per heavy atom. The molecule has 0 radical (unpaired) electrons. The molecule has 0 saturated heterocycles. The van der Waals surface area contributed by atoms with Gasteiger partial charge in [0.05, 0.1) is 5.56 Å². The minimum absolute atomic E-state index is 0.0525. The van der Waals surface area contributed by atoms with Crippen molar-refractivity contribution in [1.82, 2.24) is 10.5 Å². The Bertz CT molecular complexity index is 1710. The zero-order chi connectivity index (χ0) is 28.9. The molecule has 6 heteroatoms. The van der Waals surface area contributed by atoms with Crippen molar-refractivity contribution in [3.63, 3.8) is 0 Å². The van der Waals surface area contributed by atoms with E-state index in [2.05, 4.69) is 10.5 Å². The van der Waals surface area contributed by atoms with Crippen molar-refractivity contribution in [1.29, 1.82) is 0 Å². The van der Waals surface area contributed by atoms with E-state index in [1.807, 2.05) is 81.4 Å². The highest BCUT2D eigenvalue weighted by Gasteiger charge is 2.30. The monoisotopic (exact) mass is 542 g/mol. The first kappa shape index (κ1) is 27.5. The quantitative estimate of drug-likeness (QED) is 0.197. The van der Waals surface area contributed by atoms with Crippen LogP contribution in [-0.4, -0.2) is 29.2 Å². The summed E-state index contributed by atoms with van der Waals surface area (Å²) in [7, 11) is 0. The summed E-state index contributed by atoms with van der Waals surface area (Å²) < 4.78 is 5.90. The topological polar surface area (TPSA) is 89.3 Å². The van der Waals surface area contributed by atoms with Gasteiger partial charge in [-0.3, -0.25) is 14.4 Å². The van der Waals surface area contributed by atoms with E-state index in [1.54, 1.807) is 42.5 Å². The molecule has 1 aromatic heterocycles. The minimum Gasteiger partial charge on any atom is -0.355 e. The molecular formula is C35H30N2O4. The number of aromatic nitrogens is 1. The Kier molecular flexibility index (Phi) is 8.01. The number of nitrogens with one attached hydrogen (secondary N) is 1. The second-order valence-corrected chi connectivity index (χ2v) is 9.99. The van der Waals surface area contributed by atoms with Gasteiger partial charge < -0.3 is 9.84 Å². The largest absolute Gasteiger partial charge is 0.355 e. The van der Waals surface area contributed by atoms with Crippen LogP contribution in [0.15, 0.2) is 108 Å². The van der Waals surface area contributed by atoms with E-state index < -0.39 is 0 Å². The maximum absolute atomic E-state index is 14.1. The van der Waals surface area contributed by atoms with Crippen molar-refractivity contribution >= 4 is 17.5 Å². The Balaban J connectivity index is 1.82. The van der Waals surface area contributed by atoms with Crippen LogP contribution in [-0.2, 0) is 0 Å². The summed E-state index contributed by atoms with van der Waals surface area (Å²) in [6.45, 7) is 6.24. The highest BCUT2D eigenvalue weighted by atomic mass is 16.5. The van der Waals surface area contributed by atoms with Gasteiger partial charge in [0.1, 0.15) is 0 Å². The molecule has 1 N–H and O–H groups in total. The minimum atomic E-state index is -0.378. The first-order valence-corrected chi connectivity index (χ1v) is 13.6. The fraction of sp³-hybridized carbons (Fsp3) is 0.143. The molecular weight excluding hydrogens is 512 g/mol. The van der Waals surface area contributed by atoms with Crippen molar-refractivity contribution in [3.8, 4) is 22.5 Å². The van der Waals surface area contributed by atoms with Gasteiger partial charge in [-0.25, -0.2) is 0 Å². The van der Waals surface area contributed by atoms with Gasteiger partial charge in [-0.15, -0.1) is 0 Å². The van der Waals surface area contributed by atoms with Gasteiger partial charge in [-0.1, -0.05) is 110 Å². The Morgan fingerprint density at radius 3 is 1.83 bits per heavy atom. The van der Waals surface area contributed by atoms with E-state index in [9.17, 15) is 14.4 Å². The average molecular weight is 543 g/mol. The smallest absolute Gasteiger partial charge is 0.274 e. The van der Waals surface area contributed by atoms with Crippen LogP contribution in [0.25, 0.3) is 22.5 Å². The highest BCUT2D eigenvalue weighted by molar-refractivity contribution is 6.17. The van der Waals surface area contributed by atoms with Crippen molar-refractivity contribution in [3.05, 3.63) is 137 Å². The highest BCUT2D eigenvalue weighted by Crippen LogP contribution is 2.40. The SMILES string of the molecule is CCNC(=O)c1noc(-c2cc(C(C)C)c(C(=O)c3ccccc3)cc2C(=O)c2ccccc2)c1-c1ccccc1. The Morgan fingerprint density at radius 1 is 0.756 bits per heavy atom. The Labute approximate surface area is 239 Å². The molecule has 204 valence electrons. The van der Waals surface area contributed by atoms with Crippen LogP contribution in [0.1, 0.15) is 74.6 Å². The van der Waals surface area contributed by atoms with Crippen LogP contribution < -0.4 is 5.32 Å². The molecule has 0 saturated carbocycles. The summed E-state index contributed by atoms with van der Waals surface area (Å²) in [6, 6.07) is 30.8. The second-order valence-electron chi connectivity index (χ2n) is 9.99. The molecule has 0 fully saturated rings. The molecule has 0 atom stereocenters. The van der Waals surface area contributed by atoms with Crippen LogP contribution in [0.3, 0.4) is 0 Å². The second kappa shape index (κ2) is 12.0. The number of carbonyl (C=O) groups is 3. The van der Waals surface area contributed by atoms with Crippen LogP contribution in [0.4, 0.5) is 0 Å². The molecule has 0 spiro atoms. The zero-order valence-electron chi connectivity index (χ0n) is 23.2. The van der Waals surface area contributed by atoms with Gasteiger partial charge >= 0.3 is 0 Å². The van der Waals surface area contributed by atoms with Gasteiger partial charge in [-0.05, 0) is 36.1 Å². The lowest BCUT2D eigenvalue weighted by Gasteiger charge is -2.18. The van der Waals surface area contributed by atoms with Gasteiger partial charge in [0.25, 0.3) is 5.91 Å². The lowest BCUT2D eigenvalue weighted by atomic mass is 9.84. The summed E-state index contributed by atoms with van der Waals surface area (Å²) >= 11 is 0. The van der Waals surface area contributed by atoms with Crippen LogP contribution in [0.5, 0.6) is 0 Å². The number of carbonyl (C=O) groups excluding carboxylic acids is 3. The predicted molar refractivity (Wildman–Crippen MR) is 159 cm³/mol. The molecule has 1 heterocycles. The number of amides is 1. The summed E-state index contributed by atoms with van der Waals surface area (Å²) in [5, 5.41) is 6.97. The third-order valence-corrected chi connectivity index (χ3v) is 6.92. The van der Waals surface area contributed by atoms with Gasteiger partial charge in [-0.2, -0.15) is 0 Å². The molecule has 0 unspecified atom stereocenters. The fourth-order valence-electron chi connectivity index (χ4n) is 4.90. The molecule has 4 aromatic carbocycles. The van der Waals surface area contributed by atoms with Gasteiger partial charge in [0, 0.05) is 34.4 Å². The van der Waals surface area contributed by atoms with Crippen molar-refractivity contribution in [2.45, 2.75) is 26.7 Å². The number of ketones is 2. The Hall–Kier alpha value is -5.10. The van der Waals surface area contributed by atoms with Crippen molar-refractivity contribution < 1.29 is 18.9 Å². The number of hydrogen-bond acceptors (Lipinski definition) is 5.